The van der Waals surface area contributed by atoms with Crippen molar-refractivity contribution in [2.24, 2.45) is 0 Å². The normalized spacial score (nSPS) is 11.6. The summed E-state index contributed by atoms with van der Waals surface area (Å²) in [6.45, 7) is 4.90. The first-order valence-corrected chi connectivity index (χ1v) is 8.14. The number of rotatable bonds is 7. The molecule has 1 N–H and O–H groups in total. The molecule has 0 atom stereocenters. The van der Waals surface area contributed by atoms with Crippen LogP contribution in [0, 0.1) is 29.8 Å². The maximum absolute atomic E-state index is 13.6. The molecule has 0 saturated carbocycles. The van der Waals surface area contributed by atoms with Crippen molar-refractivity contribution in [3.05, 3.63) is 33.1 Å². The summed E-state index contributed by atoms with van der Waals surface area (Å²) in [6.07, 6.45) is 2.50. The minimum Gasteiger partial charge on any atom is -0.258 e. The maximum Gasteiger partial charge on any atom is 0.309 e. The molecule has 0 aromatic heterocycles. The average molecular weight is 318 g/mol. The van der Waals surface area contributed by atoms with Crippen LogP contribution in [-0.2, 0) is 10.0 Å². The number of hydrogen-bond donors (Lipinski definition) is 1. The monoisotopic (exact) mass is 318 g/mol. The van der Waals surface area contributed by atoms with Crippen molar-refractivity contribution in [2.45, 2.75) is 44.9 Å². The Morgan fingerprint density at radius 2 is 1.95 bits per heavy atom. The molecular formula is C13H19FN2O4S. The van der Waals surface area contributed by atoms with Gasteiger partial charge in [0.25, 0.3) is 0 Å². The van der Waals surface area contributed by atoms with Gasteiger partial charge in [0.15, 0.2) is 0 Å². The zero-order valence-electron chi connectivity index (χ0n) is 12.3. The lowest BCUT2D eigenvalue weighted by molar-refractivity contribution is -0.388. The number of nitrogens with one attached hydrogen (secondary N) is 1. The fraction of sp³-hybridized carbons (Fsp3) is 0.538. The van der Waals surface area contributed by atoms with Gasteiger partial charge in [0.1, 0.15) is 0 Å². The molecule has 118 valence electrons. The smallest absolute Gasteiger partial charge is 0.258 e. The summed E-state index contributed by atoms with van der Waals surface area (Å²) in [4.78, 5) is 9.76. The van der Waals surface area contributed by atoms with Crippen molar-refractivity contribution >= 4 is 15.7 Å². The molecule has 1 rings (SSSR count). The first-order valence-electron chi connectivity index (χ1n) is 6.66. The summed E-state index contributed by atoms with van der Waals surface area (Å²) < 4.78 is 40.6. The molecule has 1 aromatic carbocycles. The van der Waals surface area contributed by atoms with E-state index in [4.69, 9.17) is 0 Å². The molecule has 0 fully saturated rings. The van der Waals surface area contributed by atoms with Crippen LogP contribution in [0.3, 0.4) is 0 Å². The highest BCUT2D eigenvalue weighted by Gasteiger charge is 2.28. The lowest BCUT2D eigenvalue weighted by atomic mass is 10.1. The Morgan fingerprint density at radius 3 is 2.48 bits per heavy atom. The number of aryl methyl sites for hydroxylation is 1. The van der Waals surface area contributed by atoms with Crippen molar-refractivity contribution in [1.29, 1.82) is 0 Å². The second kappa shape index (κ2) is 6.95. The molecule has 0 spiro atoms. The van der Waals surface area contributed by atoms with Gasteiger partial charge in [-0.25, -0.2) is 13.1 Å². The van der Waals surface area contributed by atoms with E-state index in [0.717, 1.165) is 18.9 Å². The van der Waals surface area contributed by atoms with Crippen LogP contribution in [0.25, 0.3) is 0 Å². The lowest BCUT2D eigenvalue weighted by Crippen LogP contribution is -2.26. The molecule has 0 radical (unpaired) electrons. The highest BCUT2D eigenvalue weighted by molar-refractivity contribution is 7.89. The van der Waals surface area contributed by atoms with Gasteiger partial charge in [0, 0.05) is 6.54 Å². The summed E-state index contributed by atoms with van der Waals surface area (Å²) in [6, 6.07) is 0.881. The standard InChI is InChI=1S/C13H19FN2O4S/c1-4-5-6-7-15-21(19,20)13-9(2)8-11(14)12(10(13)3)16(17)18/h8,15H,4-7H2,1-3H3. The van der Waals surface area contributed by atoms with E-state index in [1.165, 1.54) is 13.8 Å². The van der Waals surface area contributed by atoms with Crippen molar-refractivity contribution in [2.75, 3.05) is 6.54 Å². The van der Waals surface area contributed by atoms with Gasteiger partial charge in [0.05, 0.1) is 15.4 Å². The van der Waals surface area contributed by atoms with E-state index in [9.17, 15) is 22.9 Å². The van der Waals surface area contributed by atoms with E-state index in [1.54, 1.807) is 0 Å². The molecule has 0 saturated heterocycles. The minimum absolute atomic E-state index is 0.151. The van der Waals surface area contributed by atoms with Gasteiger partial charge >= 0.3 is 5.69 Å². The van der Waals surface area contributed by atoms with Crippen LogP contribution in [0.4, 0.5) is 10.1 Å². The van der Waals surface area contributed by atoms with Crippen LogP contribution >= 0.6 is 0 Å². The Balaban J connectivity index is 3.23. The fourth-order valence-electron chi connectivity index (χ4n) is 2.20. The predicted molar refractivity (Wildman–Crippen MR) is 77.2 cm³/mol. The van der Waals surface area contributed by atoms with Crippen LogP contribution in [0.15, 0.2) is 11.0 Å². The third-order valence-corrected chi connectivity index (χ3v) is 4.90. The van der Waals surface area contributed by atoms with Gasteiger partial charge in [-0.2, -0.15) is 4.39 Å². The molecular weight excluding hydrogens is 299 g/mol. The van der Waals surface area contributed by atoms with Gasteiger partial charge < -0.3 is 0 Å². The Bertz CT molecular complexity index is 644. The summed E-state index contributed by atoms with van der Waals surface area (Å²) in [5, 5.41) is 10.9. The molecule has 0 amide bonds. The molecule has 6 nitrogen and oxygen atoms in total. The van der Waals surface area contributed by atoms with E-state index in [2.05, 4.69) is 4.72 Å². The van der Waals surface area contributed by atoms with E-state index in [1.807, 2.05) is 6.92 Å². The number of sulfonamides is 1. The highest BCUT2D eigenvalue weighted by atomic mass is 32.2. The third-order valence-electron chi connectivity index (χ3n) is 3.15. The van der Waals surface area contributed by atoms with Gasteiger partial charge in [-0.05, 0) is 31.9 Å². The quantitative estimate of drug-likeness (QED) is 0.475. The Morgan fingerprint density at radius 1 is 1.33 bits per heavy atom. The Kier molecular flexibility index (Phi) is 5.79. The molecule has 8 heteroatoms. The van der Waals surface area contributed by atoms with Gasteiger partial charge in [-0.3, -0.25) is 10.1 Å². The maximum atomic E-state index is 13.6. The van der Waals surface area contributed by atoms with Crippen molar-refractivity contribution in [3.8, 4) is 0 Å². The number of halogens is 1. The Hall–Kier alpha value is -1.54. The summed E-state index contributed by atoms with van der Waals surface area (Å²) >= 11 is 0. The topological polar surface area (TPSA) is 89.3 Å². The second-order valence-corrected chi connectivity index (χ2v) is 6.54. The fourth-order valence-corrected chi connectivity index (χ4v) is 3.74. The van der Waals surface area contributed by atoms with Crippen LogP contribution in [0.5, 0.6) is 0 Å². The van der Waals surface area contributed by atoms with Crippen LogP contribution < -0.4 is 4.72 Å². The summed E-state index contributed by atoms with van der Waals surface area (Å²) in [7, 11) is -3.90. The van der Waals surface area contributed by atoms with Crippen molar-refractivity contribution in [3.63, 3.8) is 0 Å². The van der Waals surface area contributed by atoms with Gasteiger partial charge in [-0.1, -0.05) is 19.8 Å². The minimum atomic E-state index is -3.90. The average Bonchev–Trinajstić information content (AvgIpc) is 2.32. The molecule has 0 aliphatic heterocycles. The zero-order valence-corrected chi connectivity index (χ0v) is 13.1. The number of nitro benzene ring substituents is 1. The summed E-state index contributed by atoms with van der Waals surface area (Å²) in [5.74, 6) is -1.03. The van der Waals surface area contributed by atoms with Gasteiger partial charge in [-0.15, -0.1) is 0 Å². The Labute approximate surface area is 123 Å². The molecule has 1 aromatic rings. The molecule has 0 unspecified atom stereocenters. The number of benzene rings is 1. The van der Waals surface area contributed by atoms with E-state index in [0.29, 0.717) is 6.42 Å². The van der Waals surface area contributed by atoms with Crippen LogP contribution in [0.1, 0.15) is 37.3 Å². The number of nitro groups is 1. The number of hydrogen-bond acceptors (Lipinski definition) is 4. The highest BCUT2D eigenvalue weighted by Crippen LogP contribution is 2.30. The number of nitrogens with zero attached hydrogens (tertiary/aromatic N) is 1. The van der Waals surface area contributed by atoms with Crippen LogP contribution in [-0.4, -0.2) is 19.9 Å². The van der Waals surface area contributed by atoms with Crippen molar-refractivity contribution in [1.82, 2.24) is 4.72 Å². The predicted octanol–water partition coefficient (Wildman–Crippen LogP) is 2.82. The van der Waals surface area contributed by atoms with Gasteiger partial charge in [0.2, 0.25) is 15.8 Å². The first-order chi connectivity index (χ1) is 9.72. The molecule has 0 bridgehead atoms. The van der Waals surface area contributed by atoms with Crippen LogP contribution in [0.2, 0.25) is 0 Å². The molecule has 21 heavy (non-hydrogen) atoms. The lowest BCUT2D eigenvalue weighted by Gasteiger charge is -2.12. The van der Waals surface area contributed by atoms with E-state index in [-0.39, 0.29) is 22.6 Å². The second-order valence-electron chi connectivity index (χ2n) is 4.84. The third kappa shape index (κ3) is 3.98. The van der Waals surface area contributed by atoms with E-state index >= 15 is 0 Å². The SMILES string of the molecule is CCCCCNS(=O)(=O)c1c(C)cc(F)c([N+](=O)[O-])c1C. The summed E-state index contributed by atoms with van der Waals surface area (Å²) in [5.41, 5.74) is -0.825. The number of unbranched alkanes of at least 4 members (excludes halogenated alkanes) is 2. The molecule has 0 aliphatic rings. The molecule has 0 heterocycles. The molecule has 0 aliphatic carbocycles. The van der Waals surface area contributed by atoms with E-state index < -0.39 is 26.5 Å². The zero-order chi connectivity index (χ0) is 16.2. The largest absolute Gasteiger partial charge is 0.309 e. The van der Waals surface area contributed by atoms with Crippen molar-refractivity contribution < 1.29 is 17.7 Å². The first kappa shape index (κ1) is 17.5.